The van der Waals surface area contributed by atoms with Crippen molar-refractivity contribution in [2.24, 2.45) is 5.92 Å². The molecule has 1 aromatic carbocycles. The summed E-state index contributed by atoms with van der Waals surface area (Å²) in [7, 11) is 0. The summed E-state index contributed by atoms with van der Waals surface area (Å²) < 4.78 is 0. The maximum Gasteiger partial charge on any atom is 0.227 e. The first kappa shape index (κ1) is 16.5. The Balaban J connectivity index is 1.53. The minimum atomic E-state index is -0.0613. The highest BCUT2D eigenvalue weighted by atomic mass is 16.1. The minimum Gasteiger partial charge on any atom is -0.346 e. The van der Waals surface area contributed by atoms with Gasteiger partial charge >= 0.3 is 0 Å². The maximum absolute atomic E-state index is 12.8. The van der Waals surface area contributed by atoms with Crippen molar-refractivity contribution in [1.82, 2.24) is 25.1 Å². The van der Waals surface area contributed by atoms with Crippen LogP contribution in [0.1, 0.15) is 36.4 Å². The Labute approximate surface area is 151 Å². The summed E-state index contributed by atoms with van der Waals surface area (Å²) in [5.74, 6) is 2.32. The van der Waals surface area contributed by atoms with Gasteiger partial charge in [-0.1, -0.05) is 19.1 Å². The molecule has 1 amide bonds. The number of anilines is 1. The first-order valence-electron chi connectivity index (χ1n) is 9.00. The molecule has 2 heterocycles. The predicted octanol–water partition coefficient (Wildman–Crippen LogP) is 2.81. The standard InChI is InChI=1S/C19H22N6O/c1-3-17-23-18(25-24-17)13-6-4-5-7-14(13)22-19(26)12-8-9-15-16(10-12)21-11(2)20-15/h4-7,12H,3,8-10H2,1-2H3,(H,20,21)(H,22,26)(H,23,24,25). The van der Waals surface area contributed by atoms with Gasteiger partial charge in [0.05, 0.1) is 11.4 Å². The quantitative estimate of drug-likeness (QED) is 0.674. The van der Waals surface area contributed by atoms with Crippen LogP contribution in [-0.2, 0) is 24.1 Å². The number of nitrogens with one attached hydrogen (secondary N) is 3. The van der Waals surface area contributed by atoms with E-state index in [9.17, 15) is 4.79 Å². The first-order chi connectivity index (χ1) is 12.6. The molecule has 1 aliphatic carbocycles. The Morgan fingerprint density at radius 2 is 2.15 bits per heavy atom. The van der Waals surface area contributed by atoms with Crippen LogP contribution in [0.25, 0.3) is 11.4 Å². The van der Waals surface area contributed by atoms with Gasteiger partial charge < -0.3 is 10.3 Å². The molecule has 0 radical (unpaired) electrons. The average molecular weight is 350 g/mol. The van der Waals surface area contributed by atoms with E-state index in [1.165, 1.54) is 0 Å². The Bertz CT molecular complexity index is 941. The van der Waals surface area contributed by atoms with Gasteiger partial charge in [0.2, 0.25) is 5.91 Å². The van der Waals surface area contributed by atoms with Crippen molar-refractivity contribution >= 4 is 11.6 Å². The van der Waals surface area contributed by atoms with Crippen LogP contribution < -0.4 is 5.32 Å². The molecular weight excluding hydrogens is 328 g/mol. The van der Waals surface area contributed by atoms with Crippen molar-refractivity contribution in [3.63, 3.8) is 0 Å². The van der Waals surface area contributed by atoms with Gasteiger partial charge in [-0.05, 0) is 31.9 Å². The van der Waals surface area contributed by atoms with E-state index in [0.717, 1.165) is 53.5 Å². The fourth-order valence-corrected chi connectivity index (χ4v) is 3.44. The fourth-order valence-electron chi connectivity index (χ4n) is 3.44. The third-order valence-electron chi connectivity index (χ3n) is 4.83. The van der Waals surface area contributed by atoms with E-state index in [0.29, 0.717) is 12.2 Å². The number of para-hydroxylation sites is 1. The van der Waals surface area contributed by atoms with E-state index in [1.807, 2.05) is 38.1 Å². The van der Waals surface area contributed by atoms with Crippen molar-refractivity contribution in [3.05, 3.63) is 47.3 Å². The zero-order valence-corrected chi connectivity index (χ0v) is 15.0. The second-order valence-corrected chi connectivity index (χ2v) is 6.68. The number of hydrogen-bond acceptors (Lipinski definition) is 4. The van der Waals surface area contributed by atoms with Gasteiger partial charge in [-0.25, -0.2) is 9.97 Å². The smallest absolute Gasteiger partial charge is 0.227 e. The van der Waals surface area contributed by atoms with E-state index in [4.69, 9.17) is 0 Å². The zero-order chi connectivity index (χ0) is 18.1. The highest BCUT2D eigenvalue weighted by Crippen LogP contribution is 2.28. The Hall–Kier alpha value is -2.96. The molecule has 7 heteroatoms. The Morgan fingerprint density at radius 3 is 2.96 bits per heavy atom. The topological polar surface area (TPSA) is 99.3 Å². The van der Waals surface area contributed by atoms with Crippen LogP contribution in [0.3, 0.4) is 0 Å². The van der Waals surface area contributed by atoms with Crippen molar-refractivity contribution in [2.45, 2.75) is 39.5 Å². The van der Waals surface area contributed by atoms with Crippen LogP contribution in [0.4, 0.5) is 5.69 Å². The molecule has 7 nitrogen and oxygen atoms in total. The monoisotopic (exact) mass is 350 g/mol. The Kier molecular flexibility index (Phi) is 4.28. The molecular formula is C19H22N6O. The fraction of sp³-hybridized carbons (Fsp3) is 0.368. The summed E-state index contributed by atoms with van der Waals surface area (Å²) >= 11 is 0. The summed E-state index contributed by atoms with van der Waals surface area (Å²) in [4.78, 5) is 25.1. The highest BCUT2D eigenvalue weighted by Gasteiger charge is 2.27. The normalized spacial score (nSPS) is 16.3. The van der Waals surface area contributed by atoms with Crippen LogP contribution >= 0.6 is 0 Å². The summed E-state index contributed by atoms with van der Waals surface area (Å²) in [6.07, 6.45) is 3.13. The second kappa shape index (κ2) is 6.74. The Morgan fingerprint density at radius 1 is 1.31 bits per heavy atom. The molecule has 26 heavy (non-hydrogen) atoms. The summed E-state index contributed by atoms with van der Waals surface area (Å²) in [6.45, 7) is 3.97. The highest BCUT2D eigenvalue weighted by molar-refractivity contribution is 5.96. The zero-order valence-electron chi connectivity index (χ0n) is 15.0. The van der Waals surface area contributed by atoms with Crippen LogP contribution in [0.5, 0.6) is 0 Å². The number of carbonyl (C=O) groups is 1. The van der Waals surface area contributed by atoms with E-state index >= 15 is 0 Å². The van der Waals surface area contributed by atoms with Crippen molar-refractivity contribution < 1.29 is 4.79 Å². The maximum atomic E-state index is 12.8. The summed E-state index contributed by atoms with van der Waals surface area (Å²) in [5.41, 5.74) is 3.75. The van der Waals surface area contributed by atoms with Crippen LogP contribution in [-0.4, -0.2) is 31.1 Å². The summed E-state index contributed by atoms with van der Waals surface area (Å²) in [5, 5.41) is 10.3. The molecule has 0 fully saturated rings. The van der Waals surface area contributed by atoms with Crippen LogP contribution in [0.2, 0.25) is 0 Å². The molecule has 2 aromatic heterocycles. The molecule has 1 unspecified atom stereocenters. The second-order valence-electron chi connectivity index (χ2n) is 6.68. The van der Waals surface area contributed by atoms with Gasteiger partial charge in [0.15, 0.2) is 5.82 Å². The molecule has 1 atom stereocenters. The molecule has 4 rings (SSSR count). The number of carbonyl (C=O) groups excluding carboxylic acids is 1. The van der Waals surface area contributed by atoms with Crippen LogP contribution in [0, 0.1) is 12.8 Å². The third-order valence-corrected chi connectivity index (χ3v) is 4.83. The SMILES string of the molecule is CCc1nc(-c2ccccc2NC(=O)C2CCc3nc(C)[nH]c3C2)n[nH]1. The molecule has 0 saturated carbocycles. The number of rotatable bonds is 4. The number of nitrogens with zero attached hydrogens (tertiary/aromatic N) is 3. The number of amides is 1. The molecule has 0 spiro atoms. The molecule has 0 aliphatic heterocycles. The average Bonchev–Trinajstić information content (AvgIpc) is 3.26. The number of fused-ring (bicyclic) bond motifs is 1. The van der Waals surface area contributed by atoms with Gasteiger partial charge in [-0.15, -0.1) is 0 Å². The van der Waals surface area contributed by atoms with Crippen molar-refractivity contribution in [3.8, 4) is 11.4 Å². The molecule has 3 aromatic rings. The molecule has 0 saturated heterocycles. The summed E-state index contributed by atoms with van der Waals surface area (Å²) in [6, 6.07) is 7.65. The van der Waals surface area contributed by atoms with Gasteiger partial charge in [-0.2, -0.15) is 5.10 Å². The molecule has 1 aliphatic rings. The number of aromatic amines is 2. The van der Waals surface area contributed by atoms with Gasteiger partial charge in [0, 0.05) is 30.0 Å². The molecule has 3 N–H and O–H groups in total. The van der Waals surface area contributed by atoms with E-state index < -0.39 is 0 Å². The van der Waals surface area contributed by atoms with E-state index in [2.05, 4.69) is 30.5 Å². The number of aryl methyl sites for hydroxylation is 3. The number of H-pyrrole nitrogens is 2. The van der Waals surface area contributed by atoms with Crippen molar-refractivity contribution in [2.75, 3.05) is 5.32 Å². The third kappa shape index (κ3) is 3.12. The van der Waals surface area contributed by atoms with E-state index in [-0.39, 0.29) is 11.8 Å². The minimum absolute atomic E-state index is 0.0293. The largest absolute Gasteiger partial charge is 0.346 e. The molecule has 0 bridgehead atoms. The van der Waals surface area contributed by atoms with Crippen LogP contribution in [0.15, 0.2) is 24.3 Å². The van der Waals surface area contributed by atoms with Gasteiger partial charge in [0.25, 0.3) is 0 Å². The van der Waals surface area contributed by atoms with Crippen molar-refractivity contribution in [1.29, 1.82) is 0 Å². The van der Waals surface area contributed by atoms with Gasteiger partial charge in [0.1, 0.15) is 11.6 Å². The number of benzene rings is 1. The first-order valence-corrected chi connectivity index (χ1v) is 9.00. The lowest BCUT2D eigenvalue weighted by Gasteiger charge is -2.21. The number of aromatic nitrogens is 5. The molecule has 134 valence electrons. The number of imidazole rings is 1. The lowest BCUT2D eigenvalue weighted by Crippen LogP contribution is -2.28. The lowest BCUT2D eigenvalue weighted by atomic mass is 9.89. The predicted molar refractivity (Wildman–Crippen MR) is 98.7 cm³/mol. The van der Waals surface area contributed by atoms with E-state index in [1.54, 1.807) is 0 Å². The van der Waals surface area contributed by atoms with Gasteiger partial charge in [-0.3, -0.25) is 9.89 Å². The number of hydrogen-bond donors (Lipinski definition) is 3. The lowest BCUT2D eigenvalue weighted by molar-refractivity contribution is -0.120.